The fourth-order valence-electron chi connectivity index (χ4n) is 3.91. The van der Waals surface area contributed by atoms with E-state index in [1.54, 1.807) is 12.1 Å². The third-order valence-corrected chi connectivity index (χ3v) is 7.13. The Kier molecular flexibility index (Phi) is 8.19. The number of hydrogen-bond acceptors (Lipinski definition) is 10. The topological polar surface area (TPSA) is 129 Å². The largest absolute Gasteiger partial charge is 0.487 e. The number of aromatic nitrogens is 4. The molecule has 10 nitrogen and oxygen atoms in total. The van der Waals surface area contributed by atoms with E-state index in [2.05, 4.69) is 25.3 Å². The van der Waals surface area contributed by atoms with Crippen molar-refractivity contribution in [2.75, 3.05) is 32.2 Å². The highest BCUT2D eigenvalue weighted by Gasteiger charge is 2.20. The van der Waals surface area contributed by atoms with E-state index in [4.69, 9.17) is 30.9 Å². The predicted octanol–water partition coefficient (Wildman–Crippen LogP) is 5.57. The van der Waals surface area contributed by atoms with Gasteiger partial charge in [0.25, 0.3) is 0 Å². The van der Waals surface area contributed by atoms with Gasteiger partial charge in [0.15, 0.2) is 11.6 Å². The van der Waals surface area contributed by atoms with Crippen LogP contribution < -0.4 is 14.8 Å². The first-order valence-electron chi connectivity index (χ1n) is 12.1. The number of fused-ring (bicyclic) bond motifs is 2. The molecule has 0 aliphatic rings. The molecule has 3 heterocycles. The number of thiazole rings is 1. The van der Waals surface area contributed by atoms with E-state index in [-0.39, 0.29) is 30.6 Å². The van der Waals surface area contributed by atoms with Crippen LogP contribution in [0.25, 0.3) is 31.8 Å². The van der Waals surface area contributed by atoms with Crippen LogP contribution in [0.15, 0.2) is 42.7 Å². The standard InChI is InChI=1S/C27H23ClFN5O5S/c1-14-9-17(24-18(10-14)33-21(37-2)13-31-24)26-34-25-20(40-26)11-19(23(29)22(25)28)38-7-8-39-27(36)32-16-4-3-15(5-6-35)30-12-16/h3-4,9-13,35H,5-8H2,1-2H3,(H,32,36). The van der Waals surface area contributed by atoms with Crippen LogP contribution in [0.5, 0.6) is 11.6 Å². The number of carbonyl (C=O) groups excluding carboxylic acids is 1. The molecule has 0 unspecified atom stereocenters. The van der Waals surface area contributed by atoms with Gasteiger partial charge in [-0.15, -0.1) is 11.3 Å². The number of carbonyl (C=O) groups is 1. The fraction of sp³-hybridized carbons (Fsp3) is 0.222. The first kappa shape index (κ1) is 27.4. The Labute approximate surface area is 236 Å². The van der Waals surface area contributed by atoms with E-state index < -0.39 is 11.9 Å². The molecule has 0 bridgehead atoms. The van der Waals surface area contributed by atoms with Gasteiger partial charge in [0.05, 0.1) is 40.9 Å². The van der Waals surface area contributed by atoms with Crippen LogP contribution in [0, 0.1) is 12.7 Å². The molecule has 0 saturated heterocycles. The summed E-state index contributed by atoms with van der Waals surface area (Å²) in [6.07, 6.45) is 2.69. The average molecular weight is 584 g/mol. The molecule has 0 radical (unpaired) electrons. The van der Waals surface area contributed by atoms with Crippen molar-refractivity contribution in [1.29, 1.82) is 0 Å². The highest BCUT2D eigenvalue weighted by molar-refractivity contribution is 7.21. The lowest BCUT2D eigenvalue weighted by Crippen LogP contribution is -2.18. The van der Waals surface area contributed by atoms with E-state index in [1.165, 1.54) is 36.9 Å². The second-order valence-corrected chi connectivity index (χ2v) is 9.99. The summed E-state index contributed by atoms with van der Waals surface area (Å²) in [5.41, 5.74) is 4.40. The van der Waals surface area contributed by atoms with Gasteiger partial charge in [-0.2, -0.15) is 0 Å². The van der Waals surface area contributed by atoms with Crippen molar-refractivity contribution in [3.8, 4) is 22.2 Å². The molecule has 0 fully saturated rings. The van der Waals surface area contributed by atoms with Crippen LogP contribution in [0.3, 0.4) is 0 Å². The third-order valence-electron chi connectivity index (χ3n) is 5.75. The molecule has 2 N–H and O–H groups in total. The predicted molar refractivity (Wildman–Crippen MR) is 150 cm³/mol. The van der Waals surface area contributed by atoms with E-state index in [0.717, 1.165) is 11.1 Å². The summed E-state index contributed by atoms with van der Waals surface area (Å²) in [7, 11) is 1.52. The summed E-state index contributed by atoms with van der Waals surface area (Å²) in [5, 5.41) is 11.9. The molecule has 0 saturated carbocycles. The number of aliphatic hydroxyl groups is 1. The summed E-state index contributed by atoms with van der Waals surface area (Å²) >= 11 is 7.65. The van der Waals surface area contributed by atoms with Gasteiger partial charge in [0.2, 0.25) is 5.88 Å². The summed E-state index contributed by atoms with van der Waals surface area (Å²) in [4.78, 5) is 29.7. The molecule has 13 heteroatoms. The van der Waals surface area contributed by atoms with Gasteiger partial charge in [-0.25, -0.2) is 24.1 Å². The second-order valence-electron chi connectivity index (χ2n) is 8.58. The highest BCUT2D eigenvalue weighted by Crippen LogP contribution is 2.40. The molecule has 5 aromatic rings. The van der Waals surface area contributed by atoms with Crippen LogP contribution in [0.4, 0.5) is 14.9 Å². The molecule has 0 aliphatic carbocycles. The Balaban J connectivity index is 1.28. The van der Waals surface area contributed by atoms with Crippen molar-refractivity contribution in [3.05, 3.63) is 64.8 Å². The van der Waals surface area contributed by atoms with Crippen LogP contribution in [-0.2, 0) is 11.2 Å². The van der Waals surface area contributed by atoms with Gasteiger partial charge in [0.1, 0.15) is 28.8 Å². The molecule has 0 spiro atoms. The number of halogens is 2. The first-order chi connectivity index (χ1) is 19.4. The number of ether oxygens (including phenoxy) is 3. The number of pyridine rings is 1. The number of nitrogens with zero attached hydrogens (tertiary/aromatic N) is 4. The Bertz CT molecular complexity index is 1700. The summed E-state index contributed by atoms with van der Waals surface area (Å²) in [5.74, 6) is -0.450. The number of hydrogen-bond donors (Lipinski definition) is 2. The minimum atomic E-state index is -0.761. The lowest BCUT2D eigenvalue weighted by atomic mass is 10.1. The minimum absolute atomic E-state index is 0.0141. The monoisotopic (exact) mass is 583 g/mol. The van der Waals surface area contributed by atoms with Crippen LogP contribution in [0.1, 0.15) is 11.3 Å². The van der Waals surface area contributed by atoms with Gasteiger partial charge >= 0.3 is 6.09 Å². The number of anilines is 1. The first-order valence-corrected chi connectivity index (χ1v) is 13.3. The van der Waals surface area contributed by atoms with Crippen LogP contribution in [-0.4, -0.2) is 58.1 Å². The Morgan fingerprint density at radius 1 is 1.12 bits per heavy atom. The number of aryl methyl sites for hydroxylation is 1. The molecule has 206 valence electrons. The maximum atomic E-state index is 15.0. The fourth-order valence-corrected chi connectivity index (χ4v) is 5.23. The Morgan fingerprint density at radius 2 is 1.98 bits per heavy atom. The molecular weight excluding hydrogens is 561 g/mol. The summed E-state index contributed by atoms with van der Waals surface area (Å²) in [6, 6.07) is 8.69. The van der Waals surface area contributed by atoms with Crippen molar-refractivity contribution < 1.29 is 28.5 Å². The van der Waals surface area contributed by atoms with E-state index in [1.807, 2.05) is 19.1 Å². The van der Waals surface area contributed by atoms with Gasteiger partial charge < -0.3 is 19.3 Å². The molecule has 5 rings (SSSR count). The summed E-state index contributed by atoms with van der Waals surface area (Å²) in [6.45, 7) is 1.68. The number of aliphatic hydroxyl groups excluding tert-OH is 1. The zero-order valence-electron chi connectivity index (χ0n) is 21.4. The molecule has 1 amide bonds. The third kappa shape index (κ3) is 5.88. The van der Waals surface area contributed by atoms with E-state index in [9.17, 15) is 4.79 Å². The quantitative estimate of drug-likeness (QED) is 0.214. The molecule has 0 atom stereocenters. The SMILES string of the molecule is COc1cnc2c(-c3nc4c(Cl)c(F)c(OCCOC(=O)Nc5ccc(CCO)nc5)cc4s3)cc(C)cc2n1. The second kappa shape index (κ2) is 11.9. The van der Waals surface area contributed by atoms with Crippen molar-refractivity contribution >= 4 is 56.0 Å². The maximum Gasteiger partial charge on any atom is 0.411 e. The minimum Gasteiger partial charge on any atom is -0.487 e. The van der Waals surface area contributed by atoms with Crippen molar-refractivity contribution in [1.82, 2.24) is 19.9 Å². The number of methoxy groups -OCH3 is 1. The summed E-state index contributed by atoms with van der Waals surface area (Å²) < 4.78 is 31.5. The number of nitrogens with one attached hydrogen (secondary N) is 1. The molecule has 0 aliphatic heterocycles. The Morgan fingerprint density at radius 3 is 2.73 bits per heavy atom. The Hall–Kier alpha value is -4.13. The lowest BCUT2D eigenvalue weighted by molar-refractivity contribution is 0.136. The van der Waals surface area contributed by atoms with E-state index in [0.29, 0.717) is 49.9 Å². The molecular formula is C27H23ClFN5O5S. The van der Waals surface area contributed by atoms with Crippen molar-refractivity contribution in [3.63, 3.8) is 0 Å². The normalized spacial score (nSPS) is 11.1. The number of rotatable bonds is 9. The van der Waals surface area contributed by atoms with Crippen LogP contribution in [0.2, 0.25) is 5.02 Å². The smallest absolute Gasteiger partial charge is 0.411 e. The van der Waals surface area contributed by atoms with Gasteiger partial charge in [-0.3, -0.25) is 10.3 Å². The molecule has 2 aromatic carbocycles. The zero-order chi connectivity index (χ0) is 28.2. The maximum absolute atomic E-state index is 15.0. The molecule has 3 aromatic heterocycles. The number of benzene rings is 2. The average Bonchev–Trinajstić information content (AvgIpc) is 3.38. The zero-order valence-corrected chi connectivity index (χ0v) is 23.0. The van der Waals surface area contributed by atoms with Crippen LogP contribution >= 0.6 is 22.9 Å². The van der Waals surface area contributed by atoms with Gasteiger partial charge in [-0.05, 0) is 36.8 Å². The van der Waals surface area contributed by atoms with Gasteiger partial charge in [0, 0.05) is 30.4 Å². The van der Waals surface area contributed by atoms with Gasteiger partial charge in [-0.1, -0.05) is 11.6 Å². The van der Waals surface area contributed by atoms with Crippen molar-refractivity contribution in [2.24, 2.45) is 0 Å². The van der Waals surface area contributed by atoms with E-state index >= 15 is 4.39 Å². The molecule has 40 heavy (non-hydrogen) atoms. The lowest BCUT2D eigenvalue weighted by Gasteiger charge is -2.10. The highest BCUT2D eigenvalue weighted by atomic mass is 35.5. The van der Waals surface area contributed by atoms with Crippen molar-refractivity contribution in [2.45, 2.75) is 13.3 Å². The number of amides is 1.